The SMILES string of the molecule is OCC1=CC(c2ccc(C(F)(F)F)cc2)NS1. The summed E-state index contributed by atoms with van der Waals surface area (Å²) in [5.41, 5.74) is 0.0900. The van der Waals surface area contributed by atoms with Crippen LogP contribution >= 0.6 is 11.9 Å². The number of halogens is 3. The molecule has 0 radical (unpaired) electrons. The Labute approximate surface area is 101 Å². The van der Waals surface area contributed by atoms with Crippen molar-refractivity contribution in [2.24, 2.45) is 0 Å². The van der Waals surface area contributed by atoms with E-state index in [1.54, 1.807) is 6.08 Å². The molecular weight excluding hydrogens is 251 g/mol. The highest BCUT2D eigenvalue weighted by Crippen LogP contribution is 2.33. The van der Waals surface area contributed by atoms with Gasteiger partial charge in [-0.05, 0) is 35.7 Å². The molecule has 1 aromatic carbocycles. The molecule has 6 heteroatoms. The molecule has 0 bridgehead atoms. The van der Waals surface area contributed by atoms with E-state index >= 15 is 0 Å². The molecule has 1 atom stereocenters. The number of alkyl halides is 3. The summed E-state index contributed by atoms with van der Waals surface area (Å²) in [4.78, 5) is 0.773. The number of aliphatic hydroxyl groups is 1. The molecule has 1 unspecified atom stereocenters. The van der Waals surface area contributed by atoms with Gasteiger partial charge in [-0.1, -0.05) is 12.1 Å². The van der Waals surface area contributed by atoms with E-state index in [0.717, 1.165) is 22.6 Å². The normalized spacial score (nSPS) is 20.5. The van der Waals surface area contributed by atoms with Crippen molar-refractivity contribution in [3.05, 3.63) is 46.4 Å². The molecule has 92 valence electrons. The lowest BCUT2D eigenvalue weighted by atomic mass is 10.0. The monoisotopic (exact) mass is 261 g/mol. The quantitative estimate of drug-likeness (QED) is 0.803. The van der Waals surface area contributed by atoms with E-state index in [-0.39, 0.29) is 12.6 Å². The summed E-state index contributed by atoms with van der Waals surface area (Å²) < 4.78 is 40.1. The predicted octanol–water partition coefficient (Wildman–Crippen LogP) is 2.87. The first-order valence-corrected chi connectivity index (χ1v) is 5.73. The lowest BCUT2D eigenvalue weighted by molar-refractivity contribution is -0.137. The van der Waals surface area contributed by atoms with E-state index in [0.29, 0.717) is 0 Å². The molecule has 0 saturated heterocycles. The summed E-state index contributed by atoms with van der Waals surface area (Å²) in [7, 11) is 0. The Hall–Kier alpha value is -0.980. The van der Waals surface area contributed by atoms with Crippen LogP contribution in [0.15, 0.2) is 35.2 Å². The van der Waals surface area contributed by atoms with Crippen LogP contribution in [0.1, 0.15) is 17.2 Å². The number of aliphatic hydroxyl groups excluding tert-OH is 1. The van der Waals surface area contributed by atoms with Crippen LogP contribution in [-0.2, 0) is 6.18 Å². The van der Waals surface area contributed by atoms with Crippen LogP contribution in [0, 0.1) is 0 Å². The predicted molar refractivity (Wildman–Crippen MR) is 60.1 cm³/mol. The van der Waals surface area contributed by atoms with Crippen molar-refractivity contribution in [2.75, 3.05) is 6.61 Å². The maximum absolute atomic E-state index is 12.3. The Kier molecular flexibility index (Phi) is 3.46. The summed E-state index contributed by atoms with van der Waals surface area (Å²) >= 11 is 1.29. The summed E-state index contributed by atoms with van der Waals surface area (Å²) in [6, 6.07) is 4.86. The molecule has 0 aromatic heterocycles. The largest absolute Gasteiger partial charge is 0.416 e. The molecule has 2 nitrogen and oxygen atoms in total. The van der Waals surface area contributed by atoms with Crippen LogP contribution in [-0.4, -0.2) is 11.7 Å². The molecule has 2 rings (SSSR count). The zero-order valence-electron chi connectivity index (χ0n) is 8.66. The summed E-state index contributed by atoms with van der Waals surface area (Å²) in [6.45, 7) is -0.0607. The van der Waals surface area contributed by atoms with E-state index in [9.17, 15) is 13.2 Å². The van der Waals surface area contributed by atoms with Crippen molar-refractivity contribution in [1.82, 2.24) is 4.72 Å². The number of hydrogen-bond acceptors (Lipinski definition) is 3. The Bertz CT molecular complexity index is 427. The second-order valence-electron chi connectivity index (χ2n) is 3.61. The van der Waals surface area contributed by atoms with Crippen LogP contribution in [0.25, 0.3) is 0 Å². The van der Waals surface area contributed by atoms with E-state index in [1.165, 1.54) is 24.1 Å². The number of nitrogens with one attached hydrogen (secondary N) is 1. The number of benzene rings is 1. The standard InChI is InChI=1S/C11H10F3NOS/c12-11(13,14)8-3-1-7(2-4-8)10-5-9(6-16)17-15-10/h1-5,10,15-16H,6H2. The minimum Gasteiger partial charge on any atom is -0.391 e. The van der Waals surface area contributed by atoms with Gasteiger partial charge in [0.15, 0.2) is 0 Å². The van der Waals surface area contributed by atoms with Gasteiger partial charge in [0, 0.05) is 4.91 Å². The maximum atomic E-state index is 12.3. The van der Waals surface area contributed by atoms with Gasteiger partial charge >= 0.3 is 6.18 Å². The lowest BCUT2D eigenvalue weighted by Crippen LogP contribution is -2.08. The minimum absolute atomic E-state index is 0.0607. The average Bonchev–Trinajstić information content (AvgIpc) is 2.76. The molecule has 0 saturated carbocycles. The maximum Gasteiger partial charge on any atom is 0.416 e. The molecule has 0 aliphatic carbocycles. The highest BCUT2D eigenvalue weighted by Gasteiger charge is 2.30. The van der Waals surface area contributed by atoms with Gasteiger partial charge in [-0.15, -0.1) is 0 Å². The first kappa shape index (κ1) is 12.5. The summed E-state index contributed by atoms with van der Waals surface area (Å²) in [6.07, 6.45) is -2.50. The molecule has 1 aliphatic heterocycles. The van der Waals surface area contributed by atoms with Gasteiger partial charge in [-0.3, -0.25) is 0 Å². The lowest BCUT2D eigenvalue weighted by Gasteiger charge is -2.10. The van der Waals surface area contributed by atoms with Gasteiger partial charge in [-0.25, -0.2) is 4.72 Å². The van der Waals surface area contributed by atoms with E-state index in [1.807, 2.05) is 0 Å². The van der Waals surface area contributed by atoms with Crippen LogP contribution in [0.2, 0.25) is 0 Å². The van der Waals surface area contributed by atoms with Crippen LogP contribution < -0.4 is 4.72 Å². The molecule has 0 fully saturated rings. The molecule has 0 amide bonds. The summed E-state index contributed by atoms with van der Waals surface area (Å²) in [5, 5.41) is 8.90. The second-order valence-corrected chi connectivity index (χ2v) is 4.57. The van der Waals surface area contributed by atoms with E-state index in [4.69, 9.17) is 5.11 Å². The number of hydrogen-bond donors (Lipinski definition) is 2. The zero-order chi connectivity index (χ0) is 12.5. The van der Waals surface area contributed by atoms with Crippen molar-refractivity contribution in [2.45, 2.75) is 12.2 Å². The molecular formula is C11H10F3NOS. The summed E-state index contributed by atoms with van der Waals surface area (Å²) in [5.74, 6) is 0. The van der Waals surface area contributed by atoms with Gasteiger partial charge in [0.05, 0.1) is 18.2 Å². The highest BCUT2D eigenvalue weighted by atomic mass is 32.2. The Morgan fingerprint density at radius 3 is 2.35 bits per heavy atom. The van der Waals surface area contributed by atoms with Crippen LogP contribution in [0.4, 0.5) is 13.2 Å². The van der Waals surface area contributed by atoms with E-state index in [2.05, 4.69) is 4.72 Å². The molecule has 17 heavy (non-hydrogen) atoms. The van der Waals surface area contributed by atoms with Gasteiger partial charge in [0.25, 0.3) is 0 Å². The molecule has 2 N–H and O–H groups in total. The highest BCUT2D eigenvalue weighted by molar-refractivity contribution is 8.01. The average molecular weight is 261 g/mol. The first-order chi connectivity index (χ1) is 8.00. The smallest absolute Gasteiger partial charge is 0.391 e. The molecule has 1 aromatic rings. The van der Waals surface area contributed by atoms with Crippen LogP contribution in [0.3, 0.4) is 0 Å². The fourth-order valence-corrected chi connectivity index (χ4v) is 2.27. The first-order valence-electron chi connectivity index (χ1n) is 4.92. The topological polar surface area (TPSA) is 32.3 Å². The molecule has 0 spiro atoms. The third-order valence-electron chi connectivity index (χ3n) is 2.42. The molecule has 1 heterocycles. The van der Waals surface area contributed by atoms with Gasteiger partial charge in [-0.2, -0.15) is 13.2 Å². The fourth-order valence-electron chi connectivity index (χ4n) is 1.52. The van der Waals surface area contributed by atoms with Crippen molar-refractivity contribution in [1.29, 1.82) is 0 Å². The van der Waals surface area contributed by atoms with Crippen LogP contribution in [0.5, 0.6) is 0 Å². The Morgan fingerprint density at radius 1 is 1.24 bits per heavy atom. The molecule has 1 aliphatic rings. The fraction of sp³-hybridized carbons (Fsp3) is 0.273. The minimum atomic E-state index is -4.30. The third-order valence-corrected chi connectivity index (χ3v) is 3.32. The van der Waals surface area contributed by atoms with Gasteiger partial charge in [0.1, 0.15) is 0 Å². The van der Waals surface area contributed by atoms with Crippen molar-refractivity contribution in [3.8, 4) is 0 Å². The van der Waals surface area contributed by atoms with Gasteiger partial charge < -0.3 is 5.11 Å². The third kappa shape index (κ3) is 2.83. The number of rotatable bonds is 2. The Balaban J connectivity index is 2.17. The van der Waals surface area contributed by atoms with Gasteiger partial charge in [0.2, 0.25) is 0 Å². The van der Waals surface area contributed by atoms with Crippen molar-refractivity contribution in [3.63, 3.8) is 0 Å². The van der Waals surface area contributed by atoms with Crippen molar-refractivity contribution >= 4 is 11.9 Å². The Morgan fingerprint density at radius 2 is 1.88 bits per heavy atom. The zero-order valence-corrected chi connectivity index (χ0v) is 9.48. The van der Waals surface area contributed by atoms with E-state index < -0.39 is 11.7 Å². The second kappa shape index (κ2) is 4.72. The van der Waals surface area contributed by atoms with Crippen molar-refractivity contribution < 1.29 is 18.3 Å².